The number of hydrogen-bond acceptors (Lipinski definition) is 4. The van der Waals surface area contributed by atoms with Crippen LogP contribution >= 0.6 is 11.6 Å². The molecule has 1 heterocycles. The molecule has 8 heteroatoms. The maximum Gasteiger partial charge on any atom is 0.410 e. The topological polar surface area (TPSA) is 61.9 Å². The predicted octanol–water partition coefficient (Wildman–Crippen LogP) is 3.08. The van der Waals surface area contributed by atoms with Crippen LogP contribution in [-0.2, 0) is 16.0 Å². The number of piperazine rings is 1. The Hall–Kier alpha value is -1.86. The molecule has 2 amide bonds. The first-order chi connectivity index (χ1) is 13.2. The third kappa shape index (κ3) is 7.28. The molecular weight excluding hydrogens is 385 g/mol. The van der Waals surface area contributed by atoms with Crippen LogP contribution in [-0.4, -0.2) is 66.7 Å². The molecule has 0 unspecified atom stereocenters. The van der Waals surface area contributed by atoms with Gasteiger partial charge in [0.2, 0.25) is 5.91 Å². The molecule has 1 fully saturated rings. The maximum absolute atomic E-state index is 13.7. The van der Waals surface area contributed by atoms with E-state index in [9.17, 15) is 14.0 Å². The van der Waals surface area contributed by atoms with Crippen LogP contribution in [0.25, 0.3) is 0 Å². The second-order valence-corrected chi connectivity index (χ2v) is 8.30. The lowest BCUT2D eigenvalue weighted by atomic mass is 10.1. The van der Waals surface area contributed by atoms with Gasteiger partial charge in [0, 0.05) is 43.3 Å². The van der Waals surface area contributed by atoms with Gasteiger partial charge in [0.25, 0.3) is 0 Å². The van der Waals surface area contributed by atoms with E-state index in [1.54, 1.807) is 11.0 Å². The Morgan fingerprint density at radius 1 is 1.21 bits per heavy atom. The van der Waals surface area contributed by atoms with Crippen molar-refractivity contribution in [3.8, 4) is 0 Å². The summed E-state index contributed by atoms with van der Waals surface area (Å²) in [6, 6.07) is 4.39. The molecule has 1 aliphatic heterocycles. The third-order valence-electron chi connectivity index (χ3n) is 4.40. The van der Waals surface area contributed by atoms with Gasteiger partial charge in [0.1, 0.15) is 11.4 Å². The van der Waals surface area contributed by atoms with Crippen molar-refractivity contribution in [2.75, 3.05) is 39.3 Å². The number of carbonyl (C=O) groups is 2. The lowest BCUT2D eigenvalue weighted by Crippen LogP contribution is -2.50. The van der Waals surface area contributed by atoms with E-state index in [-0.39, 0.29) is 29.0 Å². The Morgan fingerprint density at radius 3 is 2.50 bits per heavy atom. The minimum absolute atomic E-state index is 0.0694. The highest BCUT2D eigenvalue weighted by atomic mass is 35.5. The molecule has 1 aromatic rings. The second-order valence-electron chi connectivity index (χ2n) is 7.89. The largest absolute Gasteiger partial charge is 0.444 e. The summed E-state index contributed by atoms with van der Waals surface area (Å²) in [7, 11) is 0. The molecule has 1 aliphatic rings. The van der Waals surface area contributed by atoms with Crippen LogP contribution in [0.2, 0.25) is 5.02 Å². The quantitative estimate of drug-likeness (QED) is 0.728. The molecule has 1 saturated heterocycles. The molecule has 0 atom stereocenters. The minimum atomic E-state index is -0.487. The lowest BCUT2D eigenvalue weighted by molar-refractivity contribution is -0.120. The zero-order valence-corrected chi connectivity index (χ0v) is 17.5. The Balaban J connectivity index is 1.63. The number of halogens is 2. The van der Waals surface area contributed by atoms with Gasteiger partial charge in [0.15, 0.2) is 0 Å². The molecule has 1 aromatic carbocycles. The summed E-state index contributed by atoms with van der Waals surface area (Å²) in [6.45, 7) is 9.72. The van der Waals surface area contributed by atoms with Crippen LogP contribution in [0.1, 0.15) is 32.8 Å². The van der Waals surface area contributed by atoms with Crippen LogP contribution in [0.5, 0.6) is 0 Å². The van der Waals surface area contributed by atoms with Crippen LogP contribution in [0.3, 0.4) is 0 Å². The molecule has 28 heavy (non-hydrogen) atoms. The SMILES string of the molecule is CC(C)(C)OC(=O)N1CCN(CCCNC(=O)Cc2c(F)cccc2Cl)CC1. The monoisotopic (exact) mass is 413 g/mol. The van der Waals surface area contributed by atoms with E-state index in [0.717, 1.165) is 26.1 Å². The van der Waals surface area contributed by atoms with Gasteiger partial charge in [-0.1, -0.05) is 17.7 Å². The minimum Gasteiger partial charge on any atom is -0.444 e. The molecule has 0 radical (unpaired) electrons. The van der Waals surface area contributed by atoms with E-state index in [2.05, 4.69) is 10.2 Å². The van der Waals surface area contributed by atoms with E-state index in [0.29, 0.717) is 19.6 Å². The van der Waals surface area contributed by atoms with Gasteiger partial charge in [0.05, 0.1) is 6.42 Å². The summed E-state index contributed by atoms with van der Waals surface area (Å²) in [5.41, 5.74) is -0.265. The van der Waals surface area contributed by atoms with Gasteiger partial charge >= 0.3 is 6.09 Å². The molecule has 0 aromatic heterocycles. The highest BCUT2D eigenvalue weighted by Gasteiger charge is 2.25. The number of nitrogens with zero attached hydrogens (tertiary/aromatic N) is 2. The zero-order chi connectivity index (χ0) is 20.7. The van der Waals surface area contributed by atoms with Gasteiger partial charge < -0.3 is 15.0 Å². The second kappa shape index (κ2) is 10.1. The molecule has 0 bridgehead atoms. The average Bonchev–Trinajstić information content (AvgIpc) is 2.61. The number of hydrogen-bond donors (Lipinski definition) is 1. The smallest absolute Gasteiger partial charge is 0.410 e. The van der Waals surface area contributed by atoms with Crippen molar-refractivity contribution in [3.05, 3.63) is 34.6 Å². The molecule has 156 valence electrons. The fourth-order valence-electron chi connectivity index (χ4n) is 2.94. The van der Waals surface area contributed by atoms with Crippen molar-refractivity contribution in [3.63, 3.8) is 0 Å². The Labute approximate surface area is 171 Å². The van der Waals surface area contributed by atoms with Crippen molar-refractivity contribution in [2.45, 2.75) is 39.2 Å². The first-order valence-electron chi connectivity index (χ1n) is 9.55. The normalized spacial score (nSPS) is 15.4. The molecule has 2 rings (SSSR count). The van der Waals surface area contributed by atoms with Crippen molar-refractivity contribution < 1.29 is 18.7 Å². The van der Waals surface area contributed by atoms with Crippen molar-refractivity contribution in [1.82, 2.24) is 15.1 Å². The zero-order valence-electron chi connectivity index (χ0n) is 16.8. The van der Waals surface area contributed by atoms with Crippen LogP contribution in [0.4, 0.5) is 9.18 Å². The fourth-order valence-corrected chi connectivity index (χ4v) is 3.17. The number of carbonyl (C=O) groups excluding carboxylic acids is 2. The summed E-state index contributed by atoms with van der Waals surface area (Å²) < 4.78 is 19.1. The van der Waals surface area contributed by atoms with Gasteiger partial charge in [-0.25, -0.2) is 9.18 Å². The van der Waals surface area contributed by atoms with E-state index < -0.39 is 11.4 Å². The molecule has 0 saturated carbocycles. The third-order valence-corrected chi connectivity index (χ3v) is 4.75. The summed E-state index contributed by atoms with van der Waals surface area (Å²) in [5, 5.41) is 3.06. The van der Waals surface area contributed by atoms with E-state index in [1.165, 1.54) is 12.1 Å². The number of benzene rings is 1. The van der Waals surface area contributed by atoms with E-state index in [4.69, 9.17) is 16.3 Å². The molecular formula is C20H29ClFN3O3. The Kier molecular flexibility index (Phi) is 8.07. The van der Waals surface area contributed by atoms with Crippen molar-refractivity contribution in [1.29, 1.82) is 0 Å². The maximum atomic E-state index is 13.7. The van der Waals surface area contributed by atoms with Crippen molar-refractivity contribution in [2.24, 2.45) is 0 Å². The summed E-state index contributed by atoms with van der Waals surface area (Å²) in [4.78, 5) is 28.0. The standard InChI is InChI=1S/C20H29ClFN3O3/c1-20(2,3)28-19(27)25-12-10-24(11-13-25)9-5-8-23-18(26)14-15-16(21)6-4-7-17(15)22/h4,6-7H,5,8-14H2,1-3H3,(H,23,26). The highest BCUT2D eigenvalue weighted by Crippen LogP contribution is 2.19. The highest BCUT2D eigenvalue weighted by molar-refractivity contribution is 6.31. The lowest BCUT2D eigenvalue weighted by Gasteiger charge is -2.35. The van der Waals surface area contributed by atoms with Gasteiger partial charge in [-0.15, -0.1) is 0 Å². The van der Waals surface area contributed by atoms with Gasteiger partial charge in [-0.3, -0.25) is 9.69 Å². The van der Waals surface area contributed by atoms with Crippen LogP contribution in [0.15, 0.2) is 18.2 Å². The fraction of sp³-hybridized carbons (Fsp3) is 0.600. The van der Waals surface area contributed by atoms with E-state index in [1.807, 2.05) is 20.8 Å². The van der Waals surface area contributed by atoms with Gasteiger partial charge in [-0.2, -0.15) is 0 Å². The number of amides is 2. The van der Waals surface area contributed by atoms with E-state index >= 15 is 0 Å². The number of rotatable bonds is 6. The molecule has 0 aliphatic carbocycles. The van der Waals surface area contributed by atoms with Gasteiger partial charge in [-0.05, 0) is 45.9 Å². The summed E-state index contributed by atoms with van der Waals surface area (Å²) >= 11 is 5.94. The molecule has 0 spiro atoms. The first kappa shape index (κ1) is 22.4. The molecule has 1 N–H and O–H groups in total. The van der Waals surface area contributed by atoms with Crippen LogP contribution in [0, 0.1) is 5.82 Å². The molecule has 6 nitrogen and oxygen atoms in total. The number of nitrogens with one attached hydrogen (secondary N) is 1. The van der Waals surface area contributed by atoms with Crippen LogP contribution < -0.4 is 5.32 Å². The van der Waals surface area contributed by atoms with Crippen molar-refractivity contribution >= 4 is 23.6 Å². The average molecular weight is 414 g/mol. The Morgan fingerprint density at radius 2 is 1.89 bits per heavy atom. The number of ether oxygens (including phenoxy) is 1. The Bertz CT molecular complexity index is 666. The summed E-state index contributed by atoms with van der Waals surface area (Å²) in [6.07, 6.45) is 0.440. The summed E-state index contributed by atoms with van der Waals surface area (Å²) in [5.74, 6) is -0.716. The first-order valence-corrected chi connectivity index (χ1v) is 9.93. The predicted molar refractivity (Wildman–Crippen MR) is 107 cm³/mol.